The Morgan fingerprint density at radius 2 is 2.00 bits per heavy atom. The first-order chi connectivity index (χ1) is 9.68. The Morgan fingerprint density at radius 3 is 2.70 bits per heavy atom. The molecule has 4 heteroatoms. The van der Waals surface area contributed by atoms with Gasteiger partial charge in [0.15, 0.2) is 0 Å². The molecule has 0 heterocycles. The highest BCUT2D eigenvalue weighted by Crippen LogP contribution is 2.27. The molecule has 1 saturated carbocycles. The minimum Gasteiger partial charge on any atom is -0.310 e. The van der Waals surface area contributed by atoms with Gasteiger partial charge >= 0.3 is 0 Å². The highest BCUT2D eigenvalue weighted by atomic mass is 16.6. The maximum absolute atomic E-state index is 11.0. The number of nitrogens with zero attached hydrogens (tertiary/aromatic N) is 1. The lowest BCUT2D eigenvalue weighted by molar-refractivity contribution is -0.385. The molecule has 2 rings (SSSR count). The Hall–Kier alpha value is -1.42. The van der Waals surface area contributed by atoms with E-state index in [-0.39, 0.29) is 16.7 Å². The van der Waals surface area contributed by atoms with Crippen molar-refractivity contribution in [3.05, 3.63) is 39.9 Å². The van der Waals surface area contributed by atoms with E-state index < -0.39 is 0 Å². The van der Waals surface area contributed by atoms with Crippen LogP contribution in [-0.2, 0) is 0 Å². The van der Waals surface area contributed by atoms with Crippen LogP contribution in [0, 0.1) is 16.0 Å². The Kier molecular flexibility index (Phi) is 5.53. The molecule has 0 amide bonds. The van der Waals surface area contributed by atoms with Gasteiger partial charge in [-0.05, 0) is 25.8 Å². The zero-order chi connectivity index (χ0) is 14.4. The SMILES string of the molecule is CC(NCCC1CCCCC1)c1ccccc1[N+](=O)[O-]. The first-order valence-corrected chi connectivity index (χ1v) is 7.65. The average molecular weight is 276 g/mol. The molecule has 0 bridgehead atoms. The molecule has 0 aliphatic heterocycles. The Labute approximate surface area is 120 Å². The fourth-order valence-corrected chi connectivity index (χ4v) is 3.11. The average Bonchev–Trinajstić information content (AvgIpc) is 2.48. The van der Waals surface area contributed by atoms with Crippen molar-refractivity contribution in [1.29, 1.82) is 0 Å². The predicted octanol–water partition coefficient (Wildman–Crippen LogP) is 4.22. The molecule has 0 aromatic heterocycles. The van der Waals surface area contributed by atoms with Crippen LogP contribution in [0.15, 0.2) is 24.3 Å². The molecule has 0 spiro atoms. The van der Waals surface area contributed by atoms with Crippen LogP contribution >= 0.6 is 0 Å². The van der Waals surface area contributed by atoms with Crippen LogP contribution in [0.1, 0.15) is 57.1 Å². The molecular formula is C16H24N2O2. The number of benzene rings is 1. The summed E-state index contributed by atoms with van der Waals surface area (Å²) in [5.41, 5.74) is 0.992. The summed E-state index contributed by atoms with van der Waals surface area (Å²) in [6, 6.07) is 7.03. The first kappa shape index (κ1) is 15.0. The van der Waals surface area contributed by atoms with Crippen molar-refractivity contribution in [2.24, 2.45) is 5.92 Å². The fourth-order valence-electron chi connectivity index (χ4n) is 3.11. The molecule has 1 fully saturated rings. The van der Waals surface area contributed by atoms with Crippen LogP contribution in [0.5, 0.6) is 0 Å². The molecule has 1 aromatic carbocycles. The fraction of sp³-hybridized carbons (Fsp3) is 0.625. The van der Waals surface area contributed by atoms with Gasteiger partial charge in [-0.1, -0.05) is 50.3 Å². The van der Waals surface area contributed by atoms with Crippen LogP contribution < -0.4 is 5.32 Å². The van der Waals surface area contributed by atoms with Crippen LogP contribution in [0.2, 0.25) is 0 Å². The molecule has 20 heavy (non-hydrogen) atoms. The second kappa shape index (κ2) is 7.39. The summed E-state index contributed by atoms with van der Waals surface area (Å²) in [4.78, 5) is 10.7. The Balaban J connectivity index is 1.85. The third kappa shape index (κ3) is 4.04. The number of nitro groups is 1. The van der Waals surface area contributed by atoms with Gasteiger partial charge < -0.3 is 5.32 Å². The smallest absolute Gasteiger partial charge is 0.274 e. The molecule has 1 aliphatic rings. The molecule has 1 N–H and O–H groups in total. The zero-order valence-corrected chi connectivity index (χ0v) is 12.2. The zero-order valence-electron chi connectivity index (χ0n) is 12.2. The first-order valence-electron chi connectivity index (χ1n) is 7.65. The molecular weight excluding hydrogens is 252 g/mol. The van der Waals surface area contributed by atoms with Crippen molar-refractivity contribution >= 4 is 5.69 Å². The Morgan fingerprint density at radius 1 is 1.30 bits per heavy atom. The van der Waals surface area contributed by atoms with E-state index in [1.807, 2.05) is 19.1 Å². The third-order valence-corrected chi connectivity index (χ3v) is 4.33. The van der Waals surface area contributed by atoms with Gasteiger partial charge in [0.25, 0.3) is 5.69 Å². The molecule has 0 radical (unpaired) electrons. The summed E-state index contributed by atoms with van der Waals surface area (Å²) >= 11 is 0. The molecule has 1 atom stereocenters. The number of hydrogen-bond donors (Lipinski definition) is 1. The lowest BCUT2D eigenvalue weighted by atomic mass is 9.87. The van der Waals surface area contributed by atoms with E-state index in [9.17, 15) is 10.1 Å². The second-order valence-corrected chi connectivity index (χ2v) is 5.78. The molecule has 1 aliphatic carbocycles. The van der Waals surface area contributed by atoms with Crippen molar-refractivity contribution in [2.75, 3.05) is 6.54 Å². The number of para-hydroxylation sites is 1. The van der Waals surface area contributed by atoms with Crippen LogP contribution in [0.3, 0.4) is 0 Å². The van der Waals surface area contributed by atoms with E-state index in [1.54, 1.807) is 12.1 Å². The van der Waals surface area contributed by atoms with Gasteiger partial charge in [-0.15, -0.1) is 0 Å². The van der Waals surface area contributed by atoms with Crippen molar-refractivity contribution in [1.82, 2.24) is 5.32 Å². The van der Waals surface area contributed by atoms with Crippen molar-refractivity contribution in [2.45, 2.75) is 51.5 Å². The number of nitrogens with one attached hydrogen (secondary N) is 1. The largest absolute Gasteiger partial charge is 0.310 e. The van der Waals surface area contributed by atoms with Gasteiger partial charge in [0.1, 0.15) is 0 Å². The predicted molar refractivity (Wildman–Crippen MR) is 80.7 cm³/mol. The van der Waals surface area contributed by atoms with E-state index >= 15 is 0 Å². The maximum Gasteiger partial charge on any atom is 0.274 e. The van der Waals surface area contributed by atoms with Gasteiger partial charge in [-0.25, -0.2) is 0 Å². The summed E-state index contributed by atoms with van der Waals surface area (Å²) in [6.07, 6.45) is 8.00. The van der Waals surface area contributed by atoms with Gasteiger partial charge in [0, 0.05) is 17.7 Å². The standard InChI is InChI=1S/C16H24N2O2/c1-13(15-9-5-6-10-16(15)18(19)20)17-12-11-14-7-3-2-4-8-14/h5-6,9-10,13-14,17H,2-4,7-8,11-12H2,1H3. The topological polar surface area (TPSA) is 55.2 Å². The van der Waals surface area contributed by atoms with Gasteiger partial charge in [-0.3, -0.25) is 10.1 Å². The van der Waals surface area contributed by atoms with E-state index in [2.05, 4.69) is 5.32 Å². The van der Waals surface area contributed by atoms with Crippen molar-refractivity contribution in [3.63, 3.8) is 0 Å². The monoisotopic (exact) mass is 276 g/mol. The minimum atomic E-state index is -0.297. The van der Waals surface area contributed by atoms with Crippen LogP contribution in [0.25, 0.3) is 0 Å². The van der Waals surface area contributed by atoms with Crippen LogP contribution in [0.4, 0.5) is 5.69 Å². The Bertz CT molecular complexity index is 442. The van der Waals surface area contributed by atoms with Gasteiger partial charge in [-0.2, -0.15) is 0 Å². The highest BCUT2D eigenvalue weighted by molar-refractivity contribution is 5.41. The summed E-state index contributed by atoms with van der Waals surface area (Å²) in [7, 11) is 0. The van der Waals surface area contributed by atoms with Gasteiger partial charge in [0.05, 0.1) is 4.92 Å². The summed E-state index contributed by atoms with van der Waals surface area (Å²) < 4.78 is 0. The number of hydrogen-bond acceptors (Lipinski definition) is 3. The second-order valence-electron chi connectivity index (χ2n) is 5.78. The van der Waals surface area contributed by atoms with Crippen molar-refractivity contribution < 1.29 is 4.92 Å². The number of rotatable bonds is 6. The van der Waals surface area contributed by atoms with Crippen LogP contribution in [-0.4, -0.2) is 11.5 Å². The highest BCUT2D eigenvalue weighted by Gasteiger charge is 2.18. The summed E-state index contributed by atoms with van der Waals surface area (Å²) in [6.45, 7) is 2.95. The number of nitro benzene ring substituents is 1. The van der Waals surface area contributed by atoms with Crippen molar-refractivity contribution in [3.8, 4) is 0 Å². The molecule has 4 nitrogen and oxygen atoms in total. The third-order valence-electron chi connectivity index (χ3n) is 4.33. The molecule has 1 aromatic rings. The quantitative estimate of drug-likeness (QED) is 0.625. The van der Waals surface area contributed by atoms with E-state index in [1.165, 1.54) is 38.5 Å². The normalized spacial score (nSPS) is 17.9. The molecule has 110 valence electrons. The molecule has 0 saturated heterocycles. The summed E-state index contributed by atoms with van der Waals surface area (Å²) in [5.74, 6) is 0.842. The lowest BCUT2D eigenvalue weighted by Gasteiger charge is -2.22. The maximum atomic E-state index is 11.0. The minimum absolute atomic E-state index is 0.0280. The molecule has 1 unspecified atom stereocenters. The summed E-state index contributed by atoms with van der Waals surface area (Å²) in [5, 5.41) is 14.5. The van der Waals surface area contributed by atoms with E-state index in [0.29, 0.717) is 0 Å². The van der Waals surface area contributed by atoms with E-state index in [0.717, 1.165) is 18.0 Å². The van der Waals surface area contributed by atoms with Gasteiger partial charge in [0.2, 0.25) is 0 Å². The lowest BCUT2D eigenvalue weighted by Crippen LogP contribution is -2.23. The van der Waals surface area contributed by atoms with E-state index in [4.69, 9.17) is 0 Å².